The van der Waals surface area contributed by atoms with Crippen LogP contribution in [0.1, 0.15) is 72.7 Å². The topological polar surface area (TPSA) is 185 Å². The summed E-state index contributed by atoms with van der Waals surface area (Å²) in [5.74, 6) is -2.45. The number of ether oxygens (including phenoxy) is 9. The van der Waals surface area contributed by atoms with Crippen LogP contribution in [0.15, 0.2) is 110 Å². The average molecular weight is 823 g/mol. The van der Waals surface area contributed by atoms with E-state index in [0.29, 0.717) is 25.0 Å². The Balaban J connectivity index is 0.890. The van der Waals surface area contributed by atoms with Gasteiger partial charge in [0.05, 0.1) is 48.7 Å². The molecular formula is C45H42O15. The Morgan fingerprint density at radius 2 is 0.917 bits per heavy atom. The van der Waals surface area contributed by atoms with Gasteiger partial charge in [-0.05, 0) is 118 Å². The molecule has 2 aliphatic rings. The average Bonchev–Trinajstić information content (AvgIpc) is 3.85. The van der Waals surface area contributed by atoms with Gasteiger partial charge in [-0.3, -0.25) is 0 Å². The number of benzene rings is 4. The van der Waals surface area contributed by atoms with Gasteiger partial charge in [-0.25, -0.2) is 28.8 Å². The lowest BCUT2D eigenvalue weighted by Crippen LogP contribution is -2.36. The molecule has 2 unspecified atom stereocenters. The fraction of sp³-hybridized carbons (Fsp3) is 0.289. The Morgan fingerprint density at radius 1 is 0.533 bits per heavy atom. The molecule has 4 atom stereocenters. The summed E-state index contributed by atoms with van der Waals surface area (Å²) in [6.45, 7) is 5.89. The zero-order valence-electron chi connectivity index (χ0n) is 32.6. The van der Waals surface area contributed by atoms with E-state index in [1.54, 1.807) is 12.1 Å². The third-order valence-corrected chi connectivity index (χ3v) is 9.33. The van der Waals surface area contributed by atoms with Crippen LogP contribution in [0.3, 0.4) is 0 Å². The molecule has 0 aliphatic carbocycles. The highest BCUT2D eigenvalue weighted by atomic mass is 16.7. The Bertz CT molecular complexity index is 2140. The molecule has 312 valence electrons. The van der Waals surface area contributed by atoms with Crippen LogP contribution in [0.25, 0.3) is 0 Å². The van der Waals surface area contributed by atoms with E-state index in [1.165, 1.54) is 72.8 Å². The number of hydrogen-bond acceptors (Lipinski definition) is 15. The molecule has 15 nitrogen and oxygen atoms in total. The number of rotatable bonds is 17. The van der Waals surface area contributed by atoms with Crippen molar-refractivity contribution in [2.45, 2.75) is 57.0 Å². The van der Waals surface area contributed by atoms with Crippen molar-refractivity contribution >= 4 is 36.0 Å². The molecule has 0 bridgehead atoms. The van der Waals surface area contributed by atoms with Crippen LogP contribution < -0.4 is 14.2 Å². The van der Waals surface area contributed by atoms with E-state index < -0.39 is 60.4 Å². The van der Waals surface area contributed by atoms with Crippen LogP contribution in [-0.4, -0.2) is 86.8 Å². The summed E-state index contributed by atoms with van der Waals surface area (Å²) in [6, 6.07) is 24.2. The smallest absolute Gasteiger partial charge is 0.463 e. The Hall–Kier alpha value is -6.84. The van der Waals surface area contributed by atoms with Crippen LogP contribution in [0.4, 0.5) is 4.79 Å². The molecule has 4 aromatic carbocycles. The molecule has 6 rings (SSSR count). The lowest BCUT2D eigenvalue weighted by molar-refractivity contribution is -0.137. The molecule has 15 heteroatoms. The summed E-state index contributed by atoms with van der Waals surface area (Å²) in [7, 11) is 0. The minimum Gasteiger partial charge on any atom is -0.463 e. The highest BCUT2D eigenvalue weighted by molar-refractivity contribution is 5.93. The van der Waals surface area contributed by atoms with Gasteiger partial charge in [0.1, 0.15) is 29.5 Å². The second-order valence-corrected chi connectivity index (χ2v) is 13.7. The molecule has 0 saturated carbocycles. The summed E-state index contributed by atoms with van der Waals surface area (Å²) in [5.41, 5.74) is 1.99. The number of aryl methyl sites for hydroxylation is 1. The van der Waals surface area contributed by atoms with Gasteiger partial charge >= 0.3 is 36.0 Å². The first-order valence-electron chi connectivity index (χ1n) is 19.2. The first-order chi connectivity index (χ1) is 29.1. The van der Waals surface area contributed by atoms with Crippen molar-refractivity contribution in [1.29, 1.82) is 0 Å². The van der Waals surface area contributed by atoms with E-state index >= 15 is 0 Å². The van der Waals surface area contributed by atoms with E-state index in [2.05, 4.69) is 6.58 Å². The molecule has 2 heterocycles. The van der Waals surface area contributed by atoms with Crippen LogP contribution in [-0.2, 0) is 33.2 Å². The maximum Gasteiger partial charge on any atom is 0.513 e. The van der Waals surface area contributed by atoms with Gasteiger partial charge in [-0.15, -0.1) is 0 Å². The molecule has 2 fully saturated rings. The molecule has 0 aromatic heterocycles. The fourth-order valence-corrected chi connectivity index (χ4v) is 6.11. The van der Waals surface area contributed by atoms with Gasteiger partial charge in [0.15, 0.2) is 12.2 Å². The van der Waals surface area contributed by atoms with Gasteiger partial charge in [0.25, 0.3) is 0 Å². The van der Waals surface area contributed by atoms with Gasteiger partial charge in [-0.2, -0.15) is 0 Å². The van der Waals surface area contributed by atoms with Crippen molar-refractivity contribution in [3.05, 3.63) is 138 Å². The zero-order chi connectivity index (χ0) is 42.4. The number of unbranched alkanes of at least 4 members (excludes halogenated alkanes) is 3. The first kappa shape index (κ1) is 42.8. The van der Waals surface area contributed by atoms with E-state index in [0.717, 1.165) is 24.5 Å². The molecule has 2 saturated heterocycles. The lowest BCUT2D eigenvalue weighted by atomic mass is 10.1. The second-order valence-electron chi connectivity index (χ2n) is 13.7. The highest BCUT2D eigenvalue weighted by Crippen LogP contribution is 2.32. The maximum atomic E-state index is 13.0. The fourth-order valence-electron chi connectivity index (χ4n) is 6.11. The lowest BCUT2D eigenvalue weighted by Gasteiger charge is -2.17. The molecule has 0 N–H and O–H groups in total. The summed E-state index contributed by atoms with van der Waals surface area (Å²) < 4.78 is 48.9. The van der Waals surface area contributed by atoms with Gasteiger partial charge in [0.2, 0.25) is 0 Å². The summed E-state index contributed by atoms with van der Waals surface area (Å²) in [5, 5.41) is 0. The zero-order valence-corrected chi connectivity index (χ0v) is 32.6. The van der Waals surface area contributed by atoms with E-state index in [1.807, 2.05) is 19.1 Å². The number of fused-ring (bicyclic) bond motifs is 1. The largest absolute Gasteiger partial charge is 0.513 e. The number of carbonyl (C=O) groups excluding carboxylic acids is 6. The van der Waals surface area contributed by atoms with Crippen molar-refractivity contribution in [2.24, 2.45) is 0 Å². The first-order valence-corrected chi connectivity index (χ1v) is 19.2. The van der Waals surface area contributed by atoms with Crippen LogP contribution in [0, 0.1) is 6.92 Å². The third-order valence-electron chi connectivity index (χ3n) is 9.33. The van der Waals surface area contributed by atoms with Gasteiger partial charge < -0.3 is 42.6 Å². The van der Waals surface area contributed by atoms with Crippen molar-refractivity contribution in [2.75, 3.05) is 26.4 Å². The van der Waals surface area contributed by atoms with E-state index in [9.17, 15) is 28.8 Å². The highest BCUT2D eigenvalue weighted by Gasteiger charge is 2.51. The monoisotopic (exact) mass is 822 g/mol. The molecule has 0 radical (unpaired) electrons. The van der Waals surface area contributed by atoms with Gasteiger partial charge in [-0.1, -0.05) is 24.3 Å². The summed E-state index contributed by atoms with van der Waals surface area (Å²) in [4.78, 5) is 74.1. The number of carbonyl (C=O) groups is 6. The predicted molar refractivity (Wildman–Crippen MR) is 210 cm³/mol. The standard InChI is InChI=1S/C45H42O15/c1-3-38(46)52-24-6-4-5-7-25-53-45(51)58-35-22-16-31(17-23-35)42(48)56-33-18-12-30(13-19-33)41(47)57-34-20-14-32(15-21-34)44(50)60-37-27-55-39-36(26-54-40(37)39)59-43(49)29-10-8-28(2)9-11-29/h3,8-23,36-37,39-40H,1,4-7,24-27H2,2H3/t36-,37-,39?,40?/m0/s1. The number of hydrogen-bond donors (Lipinski definition) is 0. The normalized spacial score (nSPS) is 17.7. The Labute approximate surface area is 345 Å². The Morgan fingerprint density at radius 3 is 1.35 bits per heavy atom. The molecular weight excluding hydrogens is 780 g/mol. The van der Waals surface area contributed by atoms with E-state index in [-0.39, 0.29) is 53.8 Å². The summed E-state index contributed by atoms with van der Waals surface area (Å²) >= 11 is 0. The molecule has 2 aliphatic heterocycles. The van der Waals surface area contributed by atoms with E-state index in [4.69, 9.17) is 42.6 Å². The maximum absolute atomic E-state index is 13.0. The molecule has 0 spiro atoms. The van der Waals surface area contributed by atoms with Crippen molar-refractivity contribution < 1.29 is 71.4 Å². The number of esters is 5. The Kier molecular flexibility index (Phi) is 14.8. The molecule has 60 heavy (non-hydrogen) atoms. The predicted octanol–water partition coefficient (Wildman–Crippen LogP) is 6.79. The minimum absolute atomic E-state index is 0.0690. The molecule has 4 aromatic rings. The minimum atomic E-state index is -0.884. The summed E-state index contributed by atoms with van der Waals surface area (Å²) in [6.07, 6.45) is 0.552. The molecule has 0 amide bonds. The SMILES string of the molecule is C=CC(=O)OCCCCCCOC(=O)Oc1ccc(C(=O)Oc2ccc(C(=O)Oc3ccc(C(=O)O[C@H]4COC5C4OC[C@@H]5OC(=O)c4ccc(C)cc4)cc3)cc2)cc1. The van der Waals surface area contributed by atoms with Crippen molar-refractivity contribution in [3.63, 3.8) is 0 Å². The van der Waals surface area contributed by atoms with Gasteiger partial charge in [0, 0.05) is 6.08 Å². The third kappa shape index (κ3) is 11.9. The second kappa shape index (κ2) is 20.7. The van der Waals surface area contributed by atoms with Crippen molar-refractivity contribution in [1.82, 2.24) is 0 Å². The van der Waals surface area contributed by atoms with Crippen LogP contribution >= 0.6 is 0 Å². The van der Waals surface area contributed by atoms with Crippen LogP contribution in [0.5, 0.6) is 17.2 Å². The van der Waals surface area contributed by atoms with Crippen molar-refractivity contribution in [3.8, 4) is 17.2 Å². The van der Waals surface area contributed by atoms with Crippen LogP contribution in [0.2, 0.25) is 0 Å². The quantitative estimate of drug-likeness (QED) is 0.0271.